The Morgan fingerprint density at radius 3 is 2.43 bits per heavy atom. The van der Waals surface area contributed by atoms with Gasteiger partial charge in [-0.05, 0) is 32.8 Å². The fourth-order valence-electron chi connectivity index (χ4n) is 3.41. The Bertz CT molecular complexity index is 911. The van der Waals surface area contributed by atoms with Crippen LogP contribution in [0.5, 0.6) is 0 Å². The Morgan fingerprint density at radius 2 is 1.83 bits per heavy atom. The number of carbonyl (C=O) groups is 2. The van der Waals surface area contributed by atoms with Crippen molar-refractivity contribution in [2.75, 3.05) is 0 Å². The zero-order valence-electron chi connectivity index (χ0n) is 17.9. The van der Waals surface area contributed by atoms with Crippen LogP contribution in [0, 0.1) is 17.0 Å². The molecule has 30 heavy (non-hydrogen) atoms. The van der Waals surface area contributed by atoms with Crippen LogP contribution in [-0.4, -0.2) is 33.7 Å². The first-order valence-electron chi connectivity index (χ1n) is 10.1. The lowest BCUT2D eigenvalue weighted by atomic mass is 10.0. The molecule has 7 nitrogen and oxygen atoms in total. The number of aryl methyl sites for hydroxylation is 1. The van der Waals surface area contributed by atoms with Crippen molar-refractivity contribution in [2.45, 2.75) is 59.2 Å². The van der Waals surface area contributed by atoms with Gasteiger partial charge < -0.3 is 10.2 Å². The number of rotatable bonds is 9. The van der Waals surface area contributed by atoms with Gasteiger partial charge in [-0.25, -0.2) is 0 Å². The van der Waals surface area contributed by atoms with Gasteiger partial charge in [0.2, 0.25) is 11.8 Å². The molecule has 2 rings (SSSR count). The van der Waals surface area contributed by atoms with E-state index in [1.165, 1.54) is 11.0 Å². The third-order valence-electron chi connectivity index (χ3n) is 4.78. The van der Waals surface area contributed by atoms with Gasteiger partial charge in [-0.3, -0.25) is 19.7 Å². The minimum Gasteiger partial charge on any atom is -0.352 e. The summed E-state index contributed by atoms with van der Waals surface area (Å²) in [4.78, 5) is 38.5. The molecule has 0 saturated carbocycles. The Hall–Kier alpha value is -3.22. The number of nitrogens with one attached hydrogen (secondary N) is 1. The average molecular weight is 412 g/mol. The Morgan fingerprint density at radius 1 is 1.13 bits per heavy atom. The van der Waals surface area contributed by atoms with Crippen molar-refractivity contribution in [2.24, 2.45) is 0 Å². The van der Waals surface area contributed by atoms with Crippen LogP contribution in [0.15, 0.2) is 48.5 Å². The van der Waals surface area contributed by atoms with E-state index in [9.17, 15) is 19.7 Å². The zero-order valence-corrected chi connectivity index (χ0v) is 17.9. The van der Waals surface area contributed by atoms with Crippen LogP contribution >= 0.6 is 0 Å². The van der Waals surface area contributed by atoms with Crippen molar-refractivity contribution in [3.63, 3.8) is 0 Å². The average Bonchev–Trinajstić information content (AvgIpc) is 2.67. The standard InChI is InChI=1S/C23H29N3O4/c1-5-20(23(28)24-16(2)3)25(15-18-10-8-9-17(4)13-18)22(27)14-19-11-6-7-12-21(19)26(29)30/h6-13,16,20H,5,14-15H2,1-4H3,(H,24,28)/t20-/m1/s1. The molecule has 0 aromatic heterocycles. The van der Waals surface area contributed by atoms with Crippen molar-refractivity contribution in [3.8, 4) is 0 Å². The highest BCUT2D eigenvalue weighted by atomic mass is 16.6. The van der Waals surface area contributed by atoms with Gasteiger partial charge in [0.05, 0.1) is 11.3 Å². The normalized spacial score (nSPS) is 11.8. The summed E-state index contributed by atoms with van der Waals surface area (Å²) in [6, 6.07) is 13.2. The van der Waals surface area contributed by atoms with Gasteiger partial charge in [0.15, 0.2) is 0 Å². The van der Waals surface area contributed by atoms with E-state index in [2.05, 4.69) is 5.32 Å². The number of nitrogens with zero attached hydrogens (tertiary/aromatic N) is 2. The molecule has 0 spiro atoms. The van der Waals surface area contributed by atoms with E-state index >= 15 is 0 Å². The van der Waals surface area contributed by atoms with Crippen molar-refractivity contribution < 1.29 is 14.5 Å². The molecule has 1 atom stereocenters. The fraction of sp³-hybridized carbons (Fsp3) is 0.391. The van der Waals surface area contributed by atoms with Gasteiger partial charge in [-0.2, -0.15) is 0 Å². The minimum atomic E-state index is -0.664. The van der Waals surface area contributed by atoms with Crippen molar-refractivity contribution in [1.82, 2.24) is 10.2 Å². The Labute approximate surface area is 177 Å². The molecule has 0 heterocycles. The van der Waals surface area contributed by atoms with Gasteiger partial charge in [0.25, 0.3) is 5.69 Å². The van der Waals surface area contributed by atoms with Gasteiger partial charge in [0.1, 0.15) is 6.04 Å². The smallest absolute Gasteiger partial charge is 0.273 e. The summed E-state index contributed by atoms with van der Waals surface area (Å²) >= 11 is 0. The highest BCUT2D eigenvalue weighted by Gasteiger charge is 2.30. The van der Waals surface area contributed by atoms with E-state index in [4.69, 9.17) is 0 Å². The van der Waals surface area contributed by atoms with Crippen molar-refractivity contribution in [1.29, 1.82) is 0 Å². The molecule has 0 aliphatic rings. The molecule has 2 aromatic carbocycles. The number of hydrogen-bond acceptors (Lipinski definition) is 4. The second-order valence-electron chi connectivity index (χ2n) is 7.66. The maximum absolute atomic E-state index is 13.3. The largest absolute Gasteiger partial charge is 0.352 e. The fourth-order valence-corrected chi connectivity index (χ4v) is 3.41. The predicted octanol–water partition coefficient (Wildman–Crippen LogP) is 3.78. The van der Waals surface area contributed by atoms with Gasteiger partial charge in [0, 0.05) is 24.2 Å². The van der Waals surface area contributed by atoms with Gasteiger partial charge in [-0.1, -0.05) is 55.0 Å². The highest BCUT2D eigenvalue weighted by molar-refractivity contribution is 5.89. The molecule has 0 radical (unpaired) electrons. The number of para-hydroxylation sites is 1. The molecule has 0 bridgehead atoms. The zero-order chi connectivity index (χ0) is 22.3. The first kappa shape index (κ1) is 23.1. The summed E-state index contributed by atoms with van der Waals surface area (Å²) in [7, 11) is 0. The lowest BCUT2D eigenvalue weighted by Crippen LogP contribution is -2.50. The quantitative estimate of drug-likeness (QED) is 0.502. The van der Waals surface area contributed by atoms with Crippen LogP contribution in [-0.2, 0) is 22.6 Å². The first-order valence-corrected chi connectivity index (χ1v) is 10.1. The van der Waals surface area contributed by atoms with Crippen LogP contribution in [0.3, 0.4) is 0 Å². The molecule has 2 amide bonds. The van der Waals surface area contributed by atoms with E-state index < -0.39 is 11.0 Å². The number of benzene rings is 2. The van der Waals surface area contributed by atoms with Gasteiger partial charge in [-0.15, -0.1) is 0 Å². The Balaban J connectivity index is 2.37. The second kappa shape index (κ2) is 10.5. The summed E-state index contributed by atoms with van der Waals surface area (Å²) in [6.45, 7) is 7.80. The SMILES string of the molecule is CC[C@H](C(=O)NC(C)C)N(Cc1cccc(C)c1)C(=O)Cc1ccccc1[N+](=O)[O-]. The number of nitro benzene ring substituents is 1. The molecule has 0 aliphatic heterocycles. The lowest BCUT2D eigenvalue weighted by molar-refractivity contribution is -0.385. The van der Waals surface area contributed by atoms with E-state index in [0.717, 1.165) is 11.1 Å². The first-order chi connectivity index (χ1) is 14.2. The van der Waals surface area contributed by atoms with Crippen LogP contribution in [0.1, 0.15) is 43.9 Å². The van der Waals surface area contributed by atoms with Crippen LogP contribution < -0.4 is 5.32 Å². The minimum absolute atomic E-state index is 0.0577. The number of carbonyl (C=O) groups excluding carboxylic acids is 2. The topological polar surface area (TPSA) is 92.6 Å². The number of hydrogen-bond donors (Lipinski definition) is 1. The molecule has 0 saturated heterocycles. The molecular weight excluding hydrogens is 382 g/mol. The number of amides is 2. The van der Waals surface area contributed by atoms with E-state index in [1.54, 1.807) is 18.2 Å². The summed E-state index contributed by atoms with van der Waals surface area (Å²) in [5.74, 6) is -0.548. The van der Waals surface area contributed by atoms with Crippen LogP contribution in [0.2, 0.25) is 0 Å². The summed E-state index contributed by atoms with van der Waals surface area (Å²) in [5, 5.41) is 14.2. The number of nitro groups is 1. The molecule has 0 aliphatic carbocycles. The third kappa shape index (κ3) is 6.14. The summed E-state index contributed by atoms with van der Waals surface area (Å²) < 4.78 is 0. The predicted molar refractivity (Wildman–Crippen MR) is 116 cm³/mol. The van der Waals surface area contributed by atoms with E-state index in [-0.39, 0.29) is 36.5 Å². The van der Waals surface area contributed by atoms with Crippen molar-refractivity contribution in [3.05, 3.63) is 75.3 Å². The molecule has 2 aromatic rings. The molecule has 160 valence electrons. The van der Waals surface area contributed by atoms with Crippen molar-refractivity contribution >= 4 is 17.5 Å². The molecular formula is C23H29N3O4. The van der Waals surface area contributed by atoms with Crippen LogP contribution in [0.4, 0.5) is 5.69 Å². The van der Waals surface area contributed by atoms with Gasteiger partial charge >= 0.3 is 0 Å². The Kier molecular flexibility index (Phi) is 8.09. The summed E-state index contributed by atoms with van der Waals surface area (Å²) in [6.07, 6.45) is 0.293. The summed E-state index contributed by atoms with van der Waals surface area (Å²) in [5.41, 5.74) is 2.20. The second-order valence-corrected chi connectivity index (χ2v) is 7.66. The maximum atomic E-state index is 13.3. The van der Waals surface area contributed by atoms with E-state index in [0.29, 0.717) is 12.0 Å². The molecule has 1 N–H and O–H groups in total. The monoisotopic (exact) mass is 411 g/mol. The van der Waals surface area contributed by atoms with Crippen LogP contribution in [0.25, 0.3) is 0 Å². The third-order valence-corrected chi connectivity index (χ3v) is 4.78. The molecule has 0 unspecified atom stereocenters. The highest BCUT2D eigenvalue weighted by Crippen LogP contribution is 2.21. The molecule has 0 fully saturated rings. The van der Waals surface area contributed by atoms with E-state index in [1.807, 2.05) is 52.0 Å². The lowest BCUT2D eigenvalue weighted by Gasteiger charge is -2.31. The maximum Gasteiger partial charge on any atom is 0.273 e. The molecule has 7 heteroatoms.